The summed E-state index contributed by atoms with van der Waals surface area (Å²) in [6.07, 6.45) is 3.42. The number of anilines is 1. The molecule has 1 aliphatic carbocycles. The molecule has 1 amide bonds. The minimum atomic E-state index is -0.0425. The fourth-order valence-electron chi connectivity index (χ4n) is 2.48. The molecular weight excluding hydrogens is 256 g/mol. The van der Waals surface area contributed by atoms with Gasteiger partial charge in [-0.05, 0) is 31.4 Å². The van der Waals surface area contributed by atoms with Crippen molar-refractivity contribution in [1.29, 1.82) is 0 Å². The van der Waals surface area contributed by atoms with Gasteiger partial charge in [0.2, 0.25) is 5.91 Å². The Morgan fingerprint density at radius 3 is 2.90 bits per heavy atom. The first-order valence-corrected chi connectivity index (χ1v) is 6.91. The molecule has 0 radical (unpaired) electrons. The maximum Gasteiger partial charge on any atom is 0.238 e. The number of hydrogen-bond acceptors (Lipinski definition) is 4. The molecule has 2 N–H and O–H groups in total. The van der Waals surface area contributed by atoms with E-state index in [0.717, 1.165) is 30.7 Å². The predicted octanol–water partition coefficient (Wildman–Crippen LogP) is 1.79. The van der Waals surface area contributed by atoms with Gasteiger partial charge < -0.3 is 20.1 Å². The van der Waals surface area contributed by atoms with Gasteiger partial charge in [0, 0.05) is 24.9 Å². The van der Waals surface area contributed by atoms with Crippen LogP contribution in [0.25, 0.3) is 0 Å². The van der Waals surface area contributed by atoms with Crippen LogP contribution >= 0.6 is 0 Å². The topological polar surface area (TPSA) is 59.6 Å². The van der Waals surface area contributed by atoms with Crippen LogP contribution in [0.3, 0.4) is 0 Å². The first kappa shape index (κ1) is 14.8. The first-order valence-electron chi connectivity index (χ1n) is 6.91. The monoisotopic (exact) mass is 278 g/mol. The Labute approximate surface area is 119 Å². The van der Waals surface area contributed by atoms with E-state index in [-0.39, 0.29) is 5.91 Å². The van der Waals surface area contributed by atoms with E-state index in [9.17, 15) is 4.79 Å². The molecule has 5 nitrogen and oxygen atoms in total. The lowest BCUT2D eigenvalue weighted by Crippen LogP contribution is -2.35. The molecule has 5 heteroatoms. The zero-order valence-corrected chi connectivity index (χ0v) is 12.0. The van der Waals surface area contributed by atoms with Gasteiger partial charge in [-0.15, -0.1) is 0 Å². The summed E-state index contributed by atoms with van der Waals surface area (Å²) in [4.78, 5) is 11.9. The quantitative estimate of drug-likeness (QED) is 0.833. The standard InChI is InChI=1S/C15H22N2O3/c1-19-13-5-3-4-12(9-13)17-15(18)10-16-11-6-7-14(8-11)20-2/h3-5,9,11,14,16H,6-8,10H2,1-2H3,(H,17,18). The van der Waals surface area contributed by atoms with E-state index < -0.39 is 0 Å². The molecule has 1 aromatic rings. The third-order valence-corrected chi connectivity index (χ3v) is 3.62. The number of amides is 1. The maximum absolute atomic E-state index is 11.9. The van der Waals surface area contributed by atoms with Gasteiger partial charge in [0.25, 0.3) is 0 Å². The molecule has 1 aliphatic rings. The molecule has 0 saturated heterocycles. The number of methoxy groups -OCH3 is 2. The zero-order chi connectivity index (χ0) is 14.4. The normalized spacial score (nSPS) is 21.7. The minimum absolute atomic E-state index is 0.0425. The number of benzene rings is 1. The first-order chi connectivity index (χ1) is 9.71. The highest BCUT2D eigenvalue weighted by molar-refractivity contribution is 5.92. The van der Waals surface area contributed by atoms with E-state index in [0.29, 0.717) is 18.7 Å². The van der Waals surface area contributed by atoms with Crippen LogP contribution in [0.5, 0.6) is 5.75 Å². The number of ether oxygens (including phenoxy) is 2. The summed E-state index contributed by atoms with van der Waals surface area (Å²) >= 11 is 0. The summed E-state index contributed by atoms with van der Waals surface area (Å²) < 4.78 is 10.4. The van der Waals surface area contributed by atoms with Crippen LogP contribution in [0.15, 0.2) is 24.3 Å². The third-order valence-electron chi connectivity index (χ3n) is 3.62. The number of rotatable bonds is 6. The summed E-state index contributed by atoms with van der Waals surface area (Å²) in [5, 5.41) is 6.12. The van der Waals surface area contributed by atoms with Gasteiger partial charge >= 0.3 is 0 Å². The molecular formula is C15H22N2O3. The fraction of sp³-hybridized carbons (Fsp3) is 0.533. The van der Waals surface area contributed by atoms with E-state index in [1.165, 1.54) is 0 Å². The van der Waals surface area contributed by atoms with Gasteiger partial charge in [0.15, 0.2) is 0 Å². The van der Waals surface area contributed by atoms with Crippen molar-refractivity contribution in [2.24, 2.45) is 0 Å². The average Bonchev–Trinajstić information content (AvgIpc) is 2.93. The smallest absolute Gasteiger partial charge is 0.238 e. The van der Waals surface area contributed by atoms with Gasteiger partial charge in [0.1, 0.15) is 5.75 Å². The van der Waals surface area contributed by atoms with Crippen molar-refractivity contribution in [3.63, 3.8) is 0 Å². The van der Waals surface area contributed by atoms with E-state index in [2.05, 4.69) is 10.6 Å². The molecule has 0 heterocycles. The molecule has 1 aromatic carbocycles. The molecule has 1 fully saturated rings. The Hall–Kier alpha value is -1.59. The Bertz CT molecular complexity index is 450. The molecule has 110 valence electrons. The molecule has 0 spiro atoms. The summed E-state index contributed by atoms with van der Waals surface area (Å²) in [6.45, 7) is 0.318. The fourth-order valence-corrected chi connectivity index (χ4v) is 2.48. The van der Waals surface area contributed by atoms with Crippen LogP contribution in [0, 0.1) is 0 Å². The van der Waals surface area contributed by atoms with Crippen molar-refractivity contribution < 1.29 is 14.3 Å². The van der Waals surface area contributed by atoms with Crippen LogP contribution in [0.1, 0.15) is 19.3 Å². The number of carbonyl (C=O) groups excluding carboxylic acids is 1. The zero-order valence-electron chi connectivity index (χ0n) is 12.0. The minimum Gasteiger partial charge on any atom is -0.497 e. The van der Waals surface area contributed by atoms with E-state index >= 15 is 0 Å². The van der Waals surface area contributed by atoms with Crippen LogP contribution in [0.2, 0.25) is 0 Å². The number of nitrogens with one attached hydrogen (secondary N) is 2. The van der Waals surface area contributed by atoms with Crippen molar-refractivity contribution in [2.75, 3.05) is 26.1 Å². The molecule has 2 rings (SSSR count). The molecule has 20 heavy (non-hydrogen) atoms. The Kier molecular flexibility index (Phi) is 5.38. The highest BCUT2D eigenvalue weighted by atomic mass is 16.5. The van der Waals surface area contributed by atoms with Crippen LogP contribution in [-0.2, 0) is 9.53 Å². The van der Waals surface area contributed by atoms with Crippen molar-refractivity contribution >= 4 is 11.6 Å². The lowest BCUT2D eigenvalue weighted by molar-refractivity contribution is -0.115. The van der Waals surface area contributed by atoms with Gasteiger partial charge in [-0.3, -0.25) is 4.79 Å². The second-order valence-electron chi connectivity index (χ2n) is 5.03. The number of hydrogen-bond donors (Lipinski definition) is 2. The maximum atomic E-state index is 11.9. The lowest BCUT2D eigenvalue weighted by Gasteiger charge is -2.13. The SMILES string of the molecule is COc1cccc(NC(=O)CNC2CCC(OC)C2)c1. The van der Waals surface area contributed by atoms with E-state index in [4.69, 9.17) is 9.47 Å². The van der Waals surface area contributed by atoms with Crippen molar-refractivity contribution in [1.82, 2.24) is 5.32 Å². The van der Waals surface area contributed by atoms with Crippen LogP contribution in [0.4, 0.5) is 5.69 Å². The average molecular weight is 278 g/mol. The summed E-state index contributed by atoms with van der Waals surface area (Å²) in [7, 11) is 3.34. The summed E-state index contributed by atoms with van der Waals surface area (Å²) in [5.74, 6) is 0.689. The molecule has 0 aromatic heterocycles. The molecule has 0 aliphatic heterocycles. The van der Waals surface area contributed by atoms with Crippen LogP contribution in [-0.4, -0.2) is 38.8 Å². The van der Waals surface area contributed by atoms with Crippen molar-refractivity contribution in [3.8, 4) is 5.75 Å². The van der Waals surface area contributed by atoms with Crippen molar-refractivity contribution in [2.45, 2.75) is 31.4 Å². The molecule has 0 bridgehead atoms. The highest BCUT2D eigenvalue weighted by Gasteiger charge is 2.24. The Balaban J connectivity index is 1.75. The molecule has 2 atom stereocenters. The van der Waals surface area contributed by atoms with Gasteiger partial charge in [-0.25, -0.2) is 0 Å². The Morgan fingerprint density at radius 2 is 2.20 bits per heavy atom. The molecule has 1 saturated carbocycles. The highest BCUT2D eigenvalue weighted by Crippen LogP contribution is 2.21. The lowest BCUT2D eigenvalue weighted by atomic mass is 10.2. The van der Waals surface area contributed by atoms with Crippen molar-refractivity contribution in [3.05, 3.63) is 24.3 Å². The third kappa shape index (κ3) is 4.21. The largest absolute Gasteiger partial charge is 0.497 e. The number of carbonyl (C=O) groups is 1. The predicted molar refractivity (Wildman–Crippen MR) is 78.1 cm³/mol. The summed E-state index contributed by atoms with van der Waals surface area (Å²) in [6, 6.07) is 7.71. The second-order valence-corrected chi connectivity index (χ2v) is 5.03. The van der Waals surface area contributed by atoms with Gasteiger partial charge in [-0.2, -0.15) is 0 Å². The van der Waals surface area contributed by atoms with Gasteiger partial charge in [-0.1, -0.05) is 6.07 Å². The van der Waals surface area contributed by atoms with E-state index in [1.807, 2.05) is 18.2 Å². The van der Waals surface area contributed by atoms with Gasteiger partial charge in [0.05, 0.1) is 19.8 Å². The van der Waals surface area contributed by atoms with E-state index in [1.54, 1.807) is 20.3 Å². The molecule has 2 unspecified atom stereocenters. The van der Waals surface area contributed by atoms with Crippen LogP contribution < -0.4 is 15.4 Å². The summed E-state index contributed by atoms with van der Waals surface area (Å²) in [5.41, 5.74) is 0.748. The Morgan fingerprint density at radius 1 is 1.35 bits per heavy atom. The second kappa shape index (κ2) is 7.26.